The maximum Gasteiger partial charge on any atom is 0.278 e. The molecule has 74 valence electrons. The molecule has 1 N–H and O–H groups in total. The van der Waals surface area contributed by atoms with E-state index in [-0.39, 0.29) is 5.91 Å². The van der Waals surface area contributed by atoms with Gasteiger partial charge in [0.05, 0.1) is 13.2 Å². The van der Waals surface area contributed by atoms with Crippen LogP contribution in [0.25, 0.3) is 0 Å². The summed E-state index contributed by atoms with van der Waals surface area (Å²) in [5.41, 5.74) is -1.16. The van der Waals surface area contributed by atoms with Gasteiger partial charge in [-0.2, -0.15) is 11.8 Å². The highest BCUT2D eigenvalue weighted by Crippen LogP contribution is 2.30. The van der Waals surface area contributed by atoms with Gasteiger partial charge in [-0.25, -0.2) is 5.06 Å². The van der Waals surface area contributed by atoms with E-state index in [0.29, 0.717) is 25.3 Å². The predicted molar refractivity (Wildman–Crippen MR) is 49.2 cm³/mol. The van der Waals surface area contributed by atoms with Crippen LogP contribution < -0.4 is 0 Å². The second kappa shape index (κ2) is 3.48. The van der Waals surface area contributed by atoms with Crippen LogP contribution in [0.3, 0.4) is 0 Å². The number of hydrogen-bond donors (Lipinski definition) is 1. The Hall–Kier alpha value is -0.260. The molecule has 2 fully saturated rings. The van der Waals surface area contributed by atoms with E-state index < -0.39 is 5.60 Å². The van der Waals surface area contributed by atoms with Gasteiger partial charge in [-0.3, -0.25) is 9.63 Å². The van der Waals surface area contributed by atoms with Gasteiger partial charge in [-0.05, 0) is 18.6 Å². The fraction of sp³-hybridized carbons (Fsp3) is 0.875. The molecule has 0 aromatic heterocycles. The average molecular weight is 203 g/mol. The molecule has 0 aliphatic carbocycles. The molecule has 1 unspecified atom stereocenters. The first-order valence-electron chi connectivity index (χ1n) is 4.47. The summed E-state index contributed by atoms with van der Waals surface area (Å²) >= 11 is 1.62. The second-order valence-corrected chi connectivity index (χ2v) is 4.53. The van der Waals surface area contributed by atoms with Gasteiger partial charge in [-0.15, -0.1) is 0 Å². The van der Waals surface area contributed by atoms with E-state index in [1.165, 1.54) is 5.06 Å². The molecule has 2 aliphatic rings. The lowest BCUT2D eigenvalue weighted by atomic mass is 10.0. The van der Waals surface area contributed by atoms with E-state index in [2.05, 4.69) is 0 Å². The third-order valence-electron chi connectivity index (χ3n) is 2.38. The fourth-order valence-corrected chi connectivity index (χ4v) is 2.79. The van der Waals surface area contributed by atoms with Crippen LogP contribution in [-0.4, -0.2) is 46.3 Å². The van der Waals surface area contributed by atoms with Gasteiger partial charge < -0.3 is 5.11 Å². The molecule has 2 rings (SSSR count). The van der Waals surface area contributed by atoms with Crippen LogP contribution in [0, 0.1) is 0 Å². The molecule has 13 heavy (non-hydrogen) atoms. The number of aliphatic hydroxyl groups is 1. The highest BCUT2D eigenvalue weighted by molar-refractivity contribution is 7.99. The molecule has 0 aromatic carbocycles. The van der Waals surface area contributed by atoms with E-state index >= 15 is 0 Å². The van der Waals surface area contributed by atoms with Crippen molar-refractivity contribution in [1.82, 2.24) is 5.06 Å². The Balaban J connectivity index is 2.02. The van der Waals surface area contributed by atoms with E-state index in [0.717, 1.165) is 12.2 Å². The number of rotatable bonds is 1. The zero-order chi connectivity index (χ0) is 9.31. The number of thioether (sulfide) groups is 1. The van der Waals surface area contributed by atoms with Crippen LogP contribution in [0.2, 0.25) is 0 Å². The Morgan fingerprint density at radius 1 is 1.62 bits per heavy atom. The van der Waals surface area contributed by atoms with Crippen LogP contribution >= 0.6 is 11.8 Å². The van der Waals surface area contributed by atoms with Crippen LogP contribution in [0.15, 0.2) is 0 Å². The largest absolute Gasteiger partial charge is 0.379 e. The lowest BCUT2D eigenvalue weighted by Gasteiger charge is -2.25. The van der Waals surface area contributed by atoms with Crippen molar-refractivity contribution in [2.75, 3.05) is 24.7 Å². The zero-order valence-electron chi connectivity index (χ0n) is 7.36. The van der Waals surface area contributed by atoms with Crippen LogP contribution in [-0.2, 0) is 9.63 Å². The Bertz CT molecular complexity index is 209. The first-order valence-corrected chi connectivity index (χ1v) is 5.63. The summed E-state index contributed by atoms with van der Waals surface area (Å²) in [5, 5.41) is 11.2. The molecular formula is C8H13NO3S. The van der Waals surface area contributed by atoms with Crippen LogP contribution in [0.4, 0.5) is 0 Å². The summed E-state index contributed by atoms with van der Waals surface area (Å²) in [6.45, 7) is 1.21. The number of amides is 1. The lowest BCUT2D eigenvalue weighted by Crippen LogP contribution is -2.47. The summed E-state index contributed by atoms with van der Waals surface area (Å²) in [7, 11) is 0. The number of hydrogen-bond acceptors (Lipinski definition) is 4. The van der Waals surface area contributed by atoms with Crippen molar-refractivity contribution in [3.63, 3.8) is 0 Å². The molecule has 1 atom stereocenters. The van der Waals surface area contributed by atoms with Crippen LogP contribution in [0.5, 0.6) is 0 Å². The summed E-state index contributed by atoms with van der Waals surface area (Å²) in [6, 6.07) is 0. The monoisotopic (exact) mass is 203 g/mol. The third-order valence-corrected chi connectivity index (χ3v) is 3.55. The third kappa shape index (κ3) is 1.68. The molecule has 2 aliphatic heterocycles. The van der Waals surface area contributed by atoms with Crippen molar-refractivity contribution >= 4 is 17.7 Å². The van der Waals surface area contributed by atoms with Crippen LogP contribution in [0.1, 0.15) is 12.8 Å². The van der Waals surface area contributed by atoms with Crippen molar-refractivity contribution in [3.05, 3.63) is 0 Å². The quantitative estimate of drug-likeness (QED) is 0.652. The molecule has 0 spiro atoms. The summed E-state index contributed by atoms with van der Waals surface area (Å²) in [5.74, 6) is 1.11. The highest BCUT2D eigenvalue weighted by Gasteiger charge is 2.43. The lowest BCUT2D eigenvalue weighted by molar-refractivity contribution is -0.186. The number of hydroxylamine groups is 2. The molecule has 0 aromatic rings. The van der Waals surface area contributed by atoms with Gasteiger partial charge in [0, 0.05) is 5.75 Å². The van der Waals surface area contributed by atoms with Gasteiger partial charge in [0.25, 0.3) is 5.91 Å². The average Bonchev–Trinajstić information content (AvgIpc) is 2.73. The molecule has 2 saturated heterocycles. The maximum atomic E-state index is 11.7. The summed E-state index contributed by atoms with van der Waals surface area (Å²) in [6.07, 6.45) is 1.42. The number of carbonyl (C=O) groups is 1. The van der Waals surface area contributed by atoms with E-state index in [9.17, 15) is 9.90 Å². The molecule has 2 heterocycles. The van der Waals surface area contributed by atoms with Crippen molar-refractivity contribution < 1.29 is 14.7 Å². The predicted octanol–water partition coefficient (Wildman–Crippen LogP) is 0.0183. The normalized spacial score (nSPS) is 34.1. The molecule has 0 saturated carbocycles. The molecular weight excluding hydrogens is 190 g/mol. The first kappa shape index (κ1) is 9.30. The van der Waals surface area contributed by atoms with Gasteiger partial charge in [-0.1, -0.05) is 0 Å². The Morgan fingerprint density at radius 3 is 3.00 bits per heavy atom. The minimum atomic E-state index is -1.16. The molecule has 4 nitrogen and oxygen atoms in total. The minimum absolute atomic E-state index is 0.255. The van der Waals surface area contributed by atoms with E-state index in [1.807, 2.05) is 0 Å². The first-order chi connectivity index (χ1) is 6.22. The van der Waals surface area contributed by atoms with E-state index in [4.69, 9.17) is 4.84 Å². The van der Waals surface area contributed by atoms with E-state index in [1.54, 1.807) is 11.8 Å². The van der Waals surface area contributed by atoms with Gasteiger partial charge in [0.15, 0.2) is 5.60 Å². The SMILES string of the molecule is O=C(N1CCCO1)C1(O)CCSC1. The molecule has 1 amide bonds. The molecule has 0 radical (unpaired) electrons. The maximum absolute atomic E-state index is 11.7. The molecule has 5 heteroatoms. The Morgan fingerprint density at radius 2 is 2.46 bits per heavy atom. The van der Waals surface area contributed by atoms with Crippen molar-refractivity contribution in [2.24, 2.45) is 0 Å². The summed E-state index contributed by atoms with van der Waals surface area (Å²) in [4.78, 5) is 16.8. The standard InChI is InChI=1S/C8H13NO3S/c10-7(9-3-1-4-12-9)8(11)2-5-13-6-8/h11H,1-6H2. The van der Waals surface area contributed by atoms with Gasteiger partial charge >= 0.3 is 0 Å². The Kier molecular flexibility index (Phi) is 2.49. The smallest absolute Gasteiger partial charge is 0.278 e. The number of nitrogens with zero attached hydrogens (tertiary/aromatic N) is 1. The van der Waals surface area contributed by atoms with Gasteiger partial charge in [0.1, 0.15) is 0 Å². The Labute approximate surface area is 81.2 Å². The summed E-state index contributed by atoms with van der Waals surface area (Å²) < 4.78 is 0. The second-order valence-electron chi connectivity index (χ2n) is 3.43. The fourth-order valence-electron chi connectivity index (χ4n) is 1.56. The molecule has 0 bridgehead atoms. The zero-order valence-corrected chi connectivity index (χ0v) is 8.18. The number of carbonyl (C=O) groups excluding carboxylic acids is 1. The van der Waals surface area contributed by atoms with Crippen molar-refractivity contribution in [1.29, 1.82) is 0 Å². The highest BCUT2D eigenvalue weighted by atomic mass is 32.2. The van der Waals surface area contributed by atoms with Gasteiger partial charge in [0.2, 0.25) is 0 Å². The topological polar surface area (TPSA) is 49.8 Å². The minimum Gasteiger partial charge on any atom is -0.379 e. The van der Waals surface area contributed by atoms with Crippen molar-refractivity contribution in [3.8, 4) is 0 Å². The van der Waals surface area contributed by atoms with Crippen molar-refractivity contribution in [2.45, 2.75) is 18.4 Å².